The molecule has 2 aliphatic rings. The summed E-state index contributed by atoms with van der Waals surface area (Å²) >= 11 is 0. The van der Waals surface area contributed by atoms with Gasteiger partial charge in [0.1, 0.15) is 0 Å². The van der Waals surface area contributed by atoms with Gasteiger partial charge in [0.25, 0.3) is 0 Å². The number of carbonyl (C=O) groups is 1. The van der Waals surface area contributed by atoms with E-state index in [-0.39, 0.29) is 40.6 Å². The molecule has 0 aromatic heterocycles. The first kappa shape index (κ1) is 17.7. The second kappa shape index (κ2) is 5.82. The van der Waals surface area contributed by atoms with Crippen molar-refractivity contribution in [3.05, 3.63) is 0 Å². The lowest BCUT2D eigenvalue weighted by Crippen LogP contribution is -2.53. The Morgan fingerprint density at radius 1 is 1.30 bits per heavy atom. The molecule has 118 valence electrons. The van der Waals surface area contributed by atoms with E-state index in [1.807, 2.05) is 0 Å². The standard InChI is InChI=1S/C15H28N2O2.ClH/c1-13(2)11(14(13,3)4)12(18)16-9-15(10-19-5)7-6-8-17-15;/h11,17H,6-10H2,1-5H3,(H,16,18);1H. The fourth-order valence-corrected chi connectivity index (χ4v) is 3.68. The monoisotopic (exact) mass is 304 g/mol. The summed E-state index contributed by atoms with van der Waals surface area (Å²) in [6.45, 7) is 11.0. The van der Waals surface area contributed by atoms with Crippen LogP contribution in [0.15, 0.2) is 0 Å². The van der Waals surface area contributed by atoms with Gasteiger partial charge in [-0.3, -0.25) is 4.79 Å². The minimum absolute atomic E-state index is 0. The highest BCUT2D eigenvalue weighted by Gasteiger charge is 2.68. The van der Waals surface area contributed by atoms with Crippen molar-refractivity contribution in [3.63, 3.8) is 0 Å². The van der Waals surface area contributed by atoms with Gasteiger partial charge in [0.2, 0.25) is 5.91 Å². The molecule has 0 aromatic carbocycles. The lowest BCUT2D eigenvalue weighted by molar-refractivity contribution is -0.123. The van der Waals surface area contributed by atoms with Crippen molar-refractivity contribution in [2.75, 3.05) is 26.8 Å². The van der Waals surface area contributed by atoms with Crippen LogP contribution in [0.1, 0.15) is 40.5 Å². The number of hydrogen-bond acceptors (Lipinski definition) is 3. The molecule has 0 bridgehead atoms. The summed E-state index contributed by atoms with van der Waals surface area (Å²) in [5, 5.41) is 6.63. The molecule has 2 rings (SSSR count). The normalized spacial score (nSPS) is 30.6. The highest BCUT2D eigenvalue weighted by Crippen LogP contribution is 2.68. The molecule has 2 N–H and O–H groups in total. The van der Waals surface area contributed by atoms with Crippen molar-refractivity contribution in [2.24, 2.45) is 16.7 Å². The van der Waals surface area contributed by atoms with Gasteiger partial charge < -0.3 is 15.4 Å². The van der Waals surface area contributed by atoms with Gasteiger partial charge in [-0.15, -0.1) is 12.4 Å². The Morgan fingerprint density at radius 2 is 1.90 bits per heavy atom. The molecule has 20 heavy (non-hydrogen) atoms. The Morgan fingerprint density at radius 3 is 2.30 bits per heavy atom. The average molecular weight is 305 g/mol. The Labute approximate surface area is 128 Å². The lowest BCUT2D eigenvalue weighted by Gasteiger charge is -2.29. The van der Waals surface area contributed by atoms with Gasteiger partial charge in [0.15, 0.2) is 0 Å². The van der Waals surface area contributed by atoms with Crippen LogP contribution in [0.5, 0.6) is 0 Å². The molecule has 1 saturated heterocycles. The van der Waals surface area contributed by atoms with Crippen molar-refractivity contribution in [2.45, 2.75) is 46.1 Å². The van der Waals surface area contributed by atoms with Crippen molar-refractivity contribution in [3.8, 4) is 0 Å². The summed E-state index contributed by atoms with van der Waals surface area (Å²) in [5.74, 6) is 0.320. The number of halogens is 1. The van der Waals surface area contributed by atoms with Crippen LogP contribution in [-0.4, -0.2) is 38.3 Å². The summed E-state index contributed by atoms with van der Waals surface area (Å²) in [6.07, 6.45) is 2.22. The maximum atomic E-state index is 12.4. The van der Waals surface area contributed by atoms with Crippen LogP contribution < -0.4 is 10.6 Å². The fourth-order valence-electron chi connectivity index (χ4n) is 3.68. The molecule has 1 atom stereocenters. The molecule has 1 aliphatic heterocycles. The van der Waals surface area contributed by atoms with E-state index in [0.717, 1.165) is 19.4 Å². The van der Waals surface area contributed by atoms with Crippen molar-refractivity contribution in [1.82, 2.24) is 10.6 Å². The molecule has 4 nitrogen and oxygen atoms in total. The molecule has 0 aromatic rings. The summed E-state index contributed by atoms with van der Waals surface area (Å²) in [6, 6.07) is 0. The van der Waals surface area contributed by atoms with Gasteiger partial charge in [0, 0.05) is 19.6 Å². The van der Waals surface area contributed by atoms with E-state index < -0.39 is 0 Å². The van der Waals surface area contributed by atoms with Crippen molar-refractivity contribution >= 4 is 18.3 Å². The quantitative estimate of drug-likeness (QED) is 0.816. The number of carbonyl (C=O) groups excluding carboxylic acids is 1. The van der Waals surface area contributed by atoms with Gasteiger partial charge in [-0.25, -0.2) is 0 Å². The first-order chi connectivity index (χ1) is 8.77. The van der Waals surface area contributed by atoms with E-state index in [9.17, 15) is 4.79 Å². The van der Waals surface area contributed by atoms with Gasteiger partial charge in [0.05, 0.1) is 12.1 Å². The highest BCUT2D eigenvalue weighted by molar-refractivity contribution is 5.85. The molecule has 1 heterocycles. The van der Waals surface area contributed by atoms with E-state index in [1.54, 1.807) is 7.11 Å². The zero-order valence-corrected chi connectivity index (χ0v) is 14.2. The van der Waals surface area contributed by atoms with Gasteiger partial charge in [-0.2, -0.15) is 0 Å². The third-order valence-corrected chi connectivity index (χ3v) is 5.64. The summed E-state index contributed by atoms with van der Waals surface area (Å²) < 4.78 is 5.31. The maximum Gasteiger partial charge on any atom is 0.224 e. The predicted octanol–water partition coefficient (Wildman–Crippen LogP) is 1.98. The van der Waals surface area contributed by atoms with E-state index in [0.29, 0.717) is 13.2 Å². The van der Waals surface area contributed by atoms with Gasteiger partial charge >= 0.3 is 0 Å². The third kappa shape index (κ3) is 2.83. The number of methoxy groups -OCH3 is 1. The second-order valence-electron chi connectivity index (χ2n) is 7.34. The topological polar surface area (TPSA) is 50.4 Å². The van der Waals surface area contributed by atoms with Crippen LogP contribution >= 0.6 is 12.4 Å². The Balaban J connectivity index is 0.00000200. The Hall–Kier alpha value is -0.320. The highest BCUT2D eigenvalue weighted by atomic mass is 35.5. The Kier molecular flexibility index (Phi) is 5.16. The van der Waals surface area contributed by atoms with E-state index >= 15 is 0 Å². The zero-order valence-electron chi connectivity index (χ0n) is 13.3. The molecule has 0 radical (unpaired) electrons. The minimum Gasteiger partial charge on any atom is -0.383 e. The lowest BCUT2D eigenvalue weighted by atomic mass is 9.98. The van der Waals surface area contributed by atoms with Crippen molar-refractivity contribution in [1.29, 1.82) is 0 Å². The number of rotatable bonds is 5. The first-order valence-electron chi connectivity index (χ1n) is 7.28. The number of amides is 1. The van der Waals surface area contributed by atoms with Crippen LogP contribution in [0.25, 0.3) is 0 Å². The molecular weight excluding hydrogens is 276 g/mol. The summed E-state index contributed by atoms with van der Waals surface area (Å²) in [7, 11) is 1.72. The largest absolute Gasteiger partial charge is 0.383 e. The SMILES string of the molecule is COCC1(CNC(=O)C2C(C)(C)C2(C)C)CCCN1.Cl. The molecular formula is C15H29ClN2O2. The van der Waals surface area contributed by atoms with Gasteiger partial charge in [-0.05, 0) is 30.2 Å². The molecule has 2 fully saturated rings. The number of nitrogens with one attached hydrogen (secondary N) is 2. The molecule has 0 spiro atoms. The van der Waals surface area contributed by atoms with Crippen LogP contribution in [0.4, 0.5) is 0 Å². The molecule has 5 heteroatoms. The molecule has 1 amide bonds. The predicted molar refractivity (Wildman–Crippen MR) is 83.2 cm³/mol. The third-order valence-electron chi connectivity index (χ3n) is 5.64. The molecule has 1 saturated carbocycles. The van der Waals surface area contributed by atoms with E-state index in [4.69, 9.17) is 4.74 Å². The average Bonchev–Trinajstić information content (AvgIpc) is 2.69. The molecule has 1 aliphatic carbocycles. The maximum absolute atomic E-state index is 12.4. The summed E-state index contributed by atoms with van der Waals surface area (Å²) in [4.78, 5) is 12.4. The van der Waals surface area contributed by atoms with Crippen LogP contribution in [0, 0.1) is 16.7 Å². The molecule has 1 unspecified atom stereocenters. The van der Waals surface area contributed by atoms with Gasteiger partial charge in [-0.1, -0.05) is 27.7 Å². The second-order valence-corrected chi connectivity index (χ2v) is 7.34. The number of ether oxygens (including phenoxy) is 1. The zero-order chi connectivity index (χ0) is 14.3. The smallest absolute Gasteiger partial charge is 0.224 e. The Bertz CT molecular complexity index is 349. The minimum atomic E-state index is -0.0619. The van der Waals surface area contributed by atoms with Crippen LogP contribution in [0.2, 0.25) is 0 Å². The van der Waals surface area contributed by atoms with Crippen LogP contribution in [0.3, 0.4) is 0 Å². The number of hydrogen-bond donors (Lipinski definition) is 2. The van der Waals surface area contributed by atoms with Crippen molar-refractivity contribution < 1.29 is 9.53 Å². The summed E-state index contributed by atoms with van der Waals surface area (Å²) in [5.41, 5.74) is 0.150. The van der Waals surface area contributed by atoms with E-state index in [1.165, 1.54) is 0 Å². The van der Waals surface area contributed by atoms with E-state index in [2.05, 4.69) is 38.3 Å². The van der Waals surface area contributed by atoms with Crippen LogP contribution in [-0.2, 0) is 9.53 Å². The fraction of sp³-hybridized carbons (Fsp3) is 0.933. The first-order valence-corrected chi connectivity index (χ1v) is 7.28.